The number of amides is 1. The van der Waals surface area contributed by atoms with E-state index in [4.69, 9.17) is 9.47 Å². The number of hydrogen-bond acceptors (Lipinski definition) is 5. The Labute approximate surface area is 209 Å². The number of para-hydroxylation sites is 1. The Bertz CT molecular complexity index is 1470. The highest BCUT2D eigenvalue weighted by Crippen LogP contribution is 2.32. The fraction of sp³-hybridized carbons (Fsp3) is 0.321. The molecule has 4 aromatic rings. The summed E-state index contributed by atoms with van der Waals surface area (Å²) in [5.74, 6) is 1.43. The van der Waals surface area contributed by atoms with Crippen molar-refractivity contribution in [1.82, 2.24) is 19.7 Å². The molecular formula is C28H30N4O4. The van der Waals surface area contributed by atoms with E-state index >= 15 is 0 Å². The van der Waals surface area contributed by atoms with Crippen LogP contribution < -0.4 is 20.3 Å². The maximum Gasteiger partial charge on any atom is 0.281 e. The Morgan fingerprint density at radius 1 is 1.06 bits per heavy atom. The lowest BCUT2D eigenvalue weighted by Gasteiger charge is -2.21. The monoisotopic (exact) mass is 486 g/mol. The third kappa shape index (κ3) is 4.46. The second kappa shape index (κ2) is 9.89. The van der Waals surface area contributed by atoms with Gasteiger partial charge in [-0.1, -0.05) is 24.3 Å². The zero-order valence-electron chi connectivity index (χ0n) is 20.8. The first kappa shape index (κ1) is 23.7. The minimum absolute atomic E-state index is 0.0162. The number of rotatable bonds is 7. The number of carbonyl (C=O) groups excluding carboxylic acids is 1. The highest BCUT2D eigenvalue weighted by Gasteiger charge is 2.18. The highest BCUT2D eigenvalue weighted by molar-refractivity contribution is 5.87. The summed E-state index contributed by atoms with van der Waals surface area (Å²) in [7, 11) is 0. The molecule has 1 aliphatic heterocycles. The Kier molecular flexibility index (Phi) is 6.50. The van der Waals surface area contributed by atoms with Crippen LogP contribution >= 0.6 is 0 Å². The molecule has 2 aromatic carbocycles. The number of nitrogens with zero attached hydrogens (tertiary/aromatic N) is 3. The van der Waals surface area contributed by atoms with Crippen molar-refractivity contribution in [1.29, 1.82) is 0 Å². The molecule has 8 heteroatoms. The molecule has 1 aliphatic rings. The molecule has 5 rings (SSSR count). The number of aryl methyl sites for hydroxylation is 2. The van der Waals surface area contributed by atoms with E-state index in [2.05, 4.69) is 15.0 Å². The van der Waals surface area contributed by atoms with Gasteiger partial charge in [0.1, 0.15) is 13.2 Å². The summed E-state index contributed by atoms with van der Waals surface area (Å²) < 4.78 is 14.8. The number of aromatic nitrogens is 3. The van der Waals surface area contributed by atoms with Gasteiger partial charge in [0, 0.05) is 29.7 Å². The maximum absolute atomic E-state index is 13.2. The molecule has 1 atom stereocenters. The molecule has 0 aliphatic carbocycles. The van der Waals surface area contributed by atoms with Crippen molar-refractivity contribution in [2.45, 2.75) is 46.2 Å². The molecule has 36 heavy (non-hydrogen) atoms. The van der Waals surface area contributed by atoms with Crippen LogP contribution in [0.15, 0.2) is 59.5 Å². The molecule has 0 saturated carbocycles. The van der Waals surface area contributed by atoms with Gasteiger partial charge in [0.15, 0.2) is 11.5 Å². The predicted octanol–water partition coefficient (Wildman–Crippen LogP) is 4.23. The molecule has 1 N–H and O–H groups in total. The van der Waals surface area contributed by atoms with Crippen molar-refractivity contribution in [3.63, 3.8) is 0 Å². The van der Waals surface area contributed by atoms with E-state index in [1.54, 1.807) is 6.20 Å². The maximum atomic E-state index is 13.2. The van der Waals surface area contributed by atoms with Crippen molar-refractivity contribution in [2.75, 3.05) is 13.2 Å². The van der Waals surface area contributed by atoms with Gasteiger partial charge in [-0.15, -0.1) is 0 Å². The first-order valence-corrected chi connectivity index (χ1v) is 12.3. The highest BCUT2D eigenvalue weighted by atomic mass is 16.6. The van der Waals surface area contributed by atoms with E-state index < -0.39 is 0 Å². The smallest absolute Gasteiger partial charge is 0.281 e. The van der Waals surface area contributed by atoms with Gasteiger partial charge in [-0.25, -0.2) is 0 Å². The quantitative estimate of drug-likeness (QED) is 0.422. The predicted molar refractivity (Wildman–Crippen MR) is 138 cm³/mol. The molecule has 8 nitrogen and oxygen atoms in total. The van der Waals surface area contributed by atoms with Crippen LogP contribution in [0.25, 0.3) is 16.5 Å². The largest absolute Gasteiger partial charge is 0.486 e. The lowest BCUT2D eigenvalue weighted by Crippen LogP contribution is -2.27. The van der Waals surface area contributed by atoms with Crippen molar-refractivity contribution in [3.8, 4) is 17.2 Å². The van der Waals surface area contributed by atoms with Crippen LogP contribution in [-0.2, 0) is 11.3 Å². The number of nitrogens with one attached hydrogen (secondary N) is 1. The molecule has 0 unspecified atom stereocenters. The van der Waals surface area contributed by atoms with Crippen LogP contribution in [0.4, 0.5) is 0 Å². The van der Waals surface area contributed by atoms with Gasteiger partial charge in [0.25, 0.3) is 5.56 Å². The second-order valence-corrected chi connectivity index (χ2v) is 9.10. The van der Waals surface area contributed by atoms with Gasteiger partial charge in [-0.05, 0) is 57.0 Å². The second-order valence-electron chi connectivity index (χ2n) is 9.10. The fourth-order valence-electron chi connectivity index (χ4n) is 4.82. The van der Waals surface area contributed by atoms with Gasteiger partial charge in [-0.3, -0.25) is 9.59 Å². The van der Waals surface area contributed by atoms with E-state index in [0.29, 0.717) is 43.7 Å². The number of ether oxygens (including phenoxy) is 2. The SMILES string of the molecule is Cc1c2cnn(-c3ccccc3)c(=O)c2c(C)n1CCCC(=O)N[C@H](C)c1ccc2c(c1)OCCO2. The van der Waals surface area contributed by atoms with E-state index in [9.17, 15) is 9.59 Å². The average molecular weight is 487 g/mol. The van der Waals surface area contributed by atoms with Crippen LogP contribution in [0.2, 0.25) is 0 Å². The third-order valence-electron chi connectivity index (χ3n) is 6.77. The summed E-state index contributed by atoms with van der Waals surface area (Å²) >= 11 is 0. The molecule has 186 valence electrons. The summed E-state index contributed by atoms with van der Waals surface area (Å²) in [4.78, 5) is 25.9. The van der Waals surface area contributed by atoms with Gasteiger partial charge >= 0.3 is 0 Å². The van der Waals surface area contributed by atoms with Crippen LogP contribution in [0.3, 0.4) is 0 Å². The topological polar surface area (TPSA) is 87.4 Å². The number of fused-ring (bicyclic) bond motifs is 2. The molecular weight excluding hydrogens is 456 g/mol. The Morgan fingerprint density at radius 3 is 2.58 bits per heavy atom. The van der Waals surface area contributed by atoms with Gasteiger partial charge < -0.3 is 19.4 Å². The Balaban J connectivity index is 1.25. The number of hydrogen-bond donors (Lipinski definition) is 1. The summed E-state index contributed by atoms with van der Waals surface area (Å²) in [5, 5.41) is 8.99. The van der Waals surface area contributed by atoms with Crippen LogP contribution in [0.1, 0.15) is 42.8 Å². The normalized spacial score (nSPS) is 13.5. The van der Waals surface area contributed by atoms with Crippen LogP contribution in [0.5, 0.6) is 11.5 Å². The minimum atomic E-state index is -0.145. The first-order chi connectivity index (χ1) is 17.4. The summed E-state index contributed by atoms with van der Waals surface area (Å²) in [6, 6.07) is 15.0. The van der Waals surface area contributed by atoms with E-state index in [0.717, 1.165) is 33.8 Å². The zero-order valence-corrected chi connectivity index (χ0v) is 20.8. The molecule has 0 fully saturated rings. The summed E-state index contributed by atoms with van der Waals surface area (Å²) in [5.41, 5.74) is 3.45. The zero-order chi connectivity index (χ0) is 25.2. The van der Waals surface area contributed by atoms with E-state index in [-0.39, 0.29) is 17.5 Å². The molecule has 0 bridgehead atoms. The van der Waals surface area contributed by atoms with E-state index in [1.165, 1.54) is 4.68 Å². The molecule has 3 heterocycles. The van der Waals surface area contributed by atoms with Crippen molar-refractivity contribution in [3.05, 3.63) is 82.0 Å². The summed E-state index contributed by atoms with van der Waals surface area (Å²) in [6.45, 7) is 7.63. The molecule has 2 aromatic heterocycles. The van der Waals surface area contributed by atoms with Gasteiger partial charge in [-0.2, -0.15) is 9.78 Å². The van der Waals surface area contributed by atoms with Crippen molar-refractivity contribution < 1.29 is 14.3 Å². The summed E-state index contributed by atoms with van der Waals surface area (Å²) in [6.07, 6.45) is 2.79. The van der Waals surface area contributed by atoms with Crippen molar-refractivity contribution >= 4 is 16.7 Å². The van der Waals surface area contributed by atoms with Crippen molar-refractivity contribution in [2.24, 2.45) is 0 Å². The molecule has 0 spiro atoms. The Hall–Kier alpha value is -4.07. The average Bonchev–Trinajstić information content (AvgIpc) is 3.14. The molecule has 0 radical (unpaired) electrons. The fourth-order valence-corrected chi connectivity index (χ4v) is 4.82. The minimum Gasteiger partial charge on any atom is -0.486 e. The van der Waals surface area contributed by atoms with Crippen LogP contribution in [-0.4, -0.2) is 33.5 Å². The van der Waals surface area contributed by atoms with Gasteiger partial charge in [0.05, 0.1) is 23.3 Å². The number of benzene rings is 2. The lowest BCUT2D eigenvalue weighted by molar-refractivity contribution is -0.121. The first-order valence-electron chi connectivity index (χ1n) is 12.3. The van der Waals surface area contributed by atoms with Crippen LogP contribution in [0, 0.1) is 13.8 Å². The third-order valence-corrected chi connectivity index (χ3v) is 6.77. The molecule has 0 saturated heterocycles. The lowest BCUT2D eigenvalue weighted by atomic mass is 10.1. The molecule has 1 amide bonds. The number of carbonyl (C=O) groups is 1. The standard InChI is InChI=1S/C28H30N4O4/c1-18(21-11-12-24-25(16-21)36-15-14-35-24)30-26(33)10-7-13-31-19(2)23-17-29-32(22-8-5-4-6-9-22)28(34)27(23)20(31)3/h4-6,8-9,11-12,16-18H,7,10,13-15H2,1-3H3,(H,30,33)/t18-/m1/s1. The Morgan fingerprint density at radius 2 is 1.81 bits per heavy atom. The van der Waals surface area contributed by atoms with E-state index in [1.807, 2.05) is 69.3 Å². The van der Waals surface area contributed by atoms with Gasteiger partial charge in [0.2, 0.25) is 5.91 Å².